The molecule has 0 aromatic carbocycles. The van der Waals surface area contributed by atoms with Gasteiger partial charge in [0.1, 0.15) is 0 Å². The number of ether oxygens (including phenoxy) is 20. The van der Waals surface area contributed by atoms with E-state index < -0.39 is 0 Å². The van der Waals surface area contributed by atoms with Crippen LogP contribution in [0.5, 0.6) is 0 Å². The minimum absolute atomic E-state index is 0.0176. The van der Waals surface area contributed by atoms with Crippen molar-refractivity contribution in [2.75, 3.05) is 291 Å². The lowest BCUT2D eigenvalue weighted by atomic mass is 10.6. The highest BCUT2D eigenvalue weighted by Crippen LogP contribution is 2.03. The molecule has 0 heterocycles. The third-order valence-corrected chi connectivity index (χ3v) is 8.41. The second kappa shape index (κ2) is 67.4. The predicted octanol–water partition coefficient (Wildman–Crippen LogP) is -0.101. The van der Waals surface area contributed by atoms with Gasteiger partial charge in [-0.2, -0.15) is 0 Å². The Morgan fingerprint density at radius 1 is 0.145 bits per heavy atom. The van der Waals surface area contributed by atoms with Gasteiger partial charge in [-0.3, -0.25) is 8.37 Å². The molecule has 0 aliphatic heterocycles. The predicted molar refractivity (Wildman–Crippen MR) is 250 cm³/mol. The van der Waals surface area contributed by atoms with E-state index >= 15 is 0 Å². The first-order valence-corrected chi connectivity index (χ1v) is 24.8. The van der Waals surface area contributed by atoms with Gasteiger partial charge in [0.05, 0.1) is 291 Å². The Labute approximate surface area is 415 Å². The van der Waals surface area contributed by atoms with Crippen molar-refractivity contribution in [3.8, 4) is 0 Å². The Hall–Kier alpha value is -0.610. The van der Waals surface area contributed by atoms with Gasteiger partial charge < -0.3 is 105 Å². The SMILES string of the molecule is OCCOCCOCCOCCOCCOCCOCCOCCOCCOCCOCCOSOCCOCCOCCOCCOCCOCCOCCOCCOCCOCCOCCO. The van der Waals surface area contributed by atoms with Crippen molar-refractivity contribution in [2.24, 2.45) is 0 Å². The van der Waals surface area contributed by atoms with Crippen molar-refractivity contribution in [1.29, 1.82) is 0 Å². The molecule has 416 valence electrons. The molecule has 0 aromatic rings. The summed E-state index contributed by atoms with van der Waals surface area (Å²) in [4.78, 5) is 0. The molecule has 0 aliphatic rings. The van der Waals surface area contributed by atoms with Crippen LogP contribution in [-0.2, 0) is 103 Å². The van der Waals surface area contributed by atoms with Crippen LogP contribution in [0.2, 0.25) is 0 Å². The zero-order valence-corrected chi connectivity index (χ0v) is 42.2. The Bertz CT molecular complexity index is 818. The topological polar surface area (TPSA) is 244 Å². The lowest BCUT2D eigenvalue weighted by Crippen LogP contribution is -2.15. The number of aliphatic hydroxyl groups is 2. The lowest BCUT2D eigenvalue weighted by Gasteiger charge is -2.09. The maximum Gasteiger partial charge on any atom is 0.158 e. The summed E-state index contributed by atoms with van der Waals surface area (Å²) in [6.07, 6.45) is 0. The average Bonchev–Trinajstić information content (AvgIpc) is 3.36. The van der Waals surface area contributed by atoms with E-state index in [2.05, 4.69) is 0 Å². The third kappa shape index (κ3) is 67.4. The zero-order valence-electron chi connectivity index (χ0n) is 41.4. The summed E-state index contributed by atoms with van der Waals surface area (Å²) in [6.45, 7) is 19.7. The molecule has 0 atom stereocenters. The smallest absolute Gasteiger partial charge is 0.158 e. The van der Waals surface area contributed by atoms with Gasteiger partial charge in [0.25, 0.3) is 0 Å². The van der Waals surface area contributed by atoms with E-state index in [1.54, 1.807) is 0 Å². The highest BCUT2D eigenvalue weighted by Gasteiger charge is 2.00. The number of rotatable bonds is 66. The molecule has 0 amide bonds. The molecular formula is C44H90O24S. The monoisotopic (exact) mass is 1030 g/mol. The van der Waals surface area contributed by atoms with E-state index in [1.807, 2.05) is 0 Å². The molecule has 0 unspecified atom stereocenters. The molecule has 0 radical (unpaired) electrons. The Kier molecular flexibility index (Phi) is 66.8. The van der Waals surface area contributed by atoms with E-state index in [0.717, 1.165) is 12.3 Å². The van der Waals surface area contributed by atoms with E-state index in [-0.39, 0.29) is 13.2 Å². The molecule has 0 bridgehead atoms. The maximum atomic E-state index is 8.60. The summed E-state index contributed by atoms with van der Waals surface area (Å²) in [5, 5.41) is 17.2. The molecule has 24 nitrogen and oxygen atoms in total. The van der Waals surface area contributed by atoms with Gasteiger partial charge >= 0.3 is 0 Å². The molecular weight excluding hydrogens is 945 g/mol. The fourth-order valence-electron chi connectivity index (χ4n) is 4.58. The van der Waals surface area contributed by atoms with E-state index in [1.165, 1.54) is 0 Å². The first-order valence-electron chi connectivity index (χ1n) is 24.1. The summed E-state index contributed by atoms with van der Waals surface area (Å²) >= 11 is 0.915. The van der Waals surface area contributed by atoms with Crippen molar-refractivity contribution in [1.82, 2.24) is 0 Å². The Morgan fingerprint density at radius 2 is 0.246 bits per heavy atom. The highest BCUT2D eigenvalue weighted by atomic mass is 32.2. The number of aliphatic hydroxyl groups excluding tert-OH is 2. The Balaban J connectivity index is 3.07. The van der Waals surface area contributed by atoms with Crippen molar-refractivity contribution < 1.29 is 113 Å². The van der Waals surface area contributed by atoms with E-state index in [4.69, 9.17) is 113 Å². The quantitative estimate of drug-likeness (QED) is 0.0597. The van der Waals surface area contributed by atoms with Crippen LogP contribution in [0.15, 0.2) is 0 Å². The van der Waals surface area contributed by atoms with Crippen LogP contribution < -0.4 is 0 Å². The summed E-state index contributed by atoms with van der Waals surface area (Å²) in [6, 6.07) is 0. The molecule has 0 saturated heterocycles. The van der Waals surface area contributed by atoms with Crippen molar-refractivity contribution in [3.63, 3.8) is 0 Å². The van der Waals surface area contributed by atoms with Gasteiger partial charge in [-0.25, -0.2) is 0 Å². The third-order valence-electron chi connectivity index (χ3n) is 7.89. The van der Waals surface area contributed by atoms with E-state index in [9.17, 15) is 0 Å². The van der Waals surface area contributed by atoms with E-state index in [0.29, 0.717) is 277 Å². The van der Waals surface area contributed by atoms with Gasteiger partial charge in [0.15, 0.2) is 12.3 Å². The van der Waals surface area contributed by atoms with Gasteiger partial charge in [0.2, 0.25) is 0 Å². The lowest BCUT2D eigenvalue weighted by molar-refractivity contribution is -0.0271. The first-order chi connectivity index (χ1) is 34.4. The molecule has 0 aromatic heterocycles. The Morgan fingerprint density at radius 3 is 0.362 bits per heavy atom. The van der Waals surface area contributed by atoms with Gasteiger partial charge in [-0.1, -0.05) is 0 Å². The number of hydrogen-bond acceptors (Lipinski definition) is 25. The molecule has 0 aliphatic carbocycles. The van der Waals surface area contributed by atoms with Gasteiger partial charge in [-0.05, 0) is 0 Å². The van der Waals surface area contributed by atoms with Crippen LogP contribution in [-0.4, -0.2) is 301 Å². The summed E-state index contributed by atoms with van der Waals surface area (Å²) in [5.74, 6) is 0. The molecule has 2 N–H and O–H groups in total. The fourth-order valence-corrected chi connectivity index (χ4v) is 4.92. The zero-order chi connectivity index (χ0) is 49.4. The summed E-state index contributed by atoms with van der Waals surface area (Å²) in [7, 11) is 0. The van der Waals surface area contributed by atoms with Gasteiger partial charge in [0, 0.05) is 0 Å². The standard InChI is InChI=1S/C44H90O24S/c45-1-3-47-5-7-49-9-11-51-13-15-53-17-19-55-21-23-57-25-27-59-29-31-61-33-35-63-37-39-65-41-43-67-69-68-44-42-66-40-38-64-36-34-62-32-30-60-28-26-58-24-22-56-20-18-54-16-14-52-12-10-50-8-6-48-4-2-46/h45-46H,1-44H2. The maximum absolute atomic E-state index is 8.60. The minimum atomic E-state index is 0.0176. The second-order valence-electron chi connectivity index (χ2n) is 13.4. The summed E-state index contributed by atoms with van der Waals surface area (Å²) in [5.41, 5.74) is 0. The van der Waals surface area contributed by atoms with Crippen molar-refractivity contribution in [3.05, 3.63) is 0 Å². The largest absolute Gasteiger partial charge is 0.394 e. The van der Waals surface area contributed by atoms with Crippen molar-refractivity contribution in [2.45, 2.75) is 0 Å². The minimum Gasteiger partial charge on any atom is -0.394 e. The molecule has 0 saturated carbocycles. The molecule has 0 fully saturated rings. The fraction of sp³-hybridized carbons (Fsp3) is 1.00. The molecule has 0 spiro atoms. The average molecular weight is 1040 g/mol. The number of hydrogen-bond donors (Lipinski definition) is 2. The molecule has 0 rings (SSSR count). The van der Waals surface area contributed by atoms with Crippen LogP contribution >= 0.6 is 12.3 Å². The van der Waals surface area contributed by atoms with Crippen LogP contribution in [0.3, 0.4) is 0 Å². The summed E-state index contributed by atoms with van der Waals surface area (Å²) < 4.78 is 119. The van der Waals surface area contributed by atoms with Crippen molar-refractivity contribution >= 4 is 12.3 Å². The molecule has 69 heavy (non-hydrogen) atoms. The molecule has 25 heteroatoms. The second-order valence-corrected chi connectivity index (χ2v) is 14.0. The van der Waals surface area contributed by atoms with Crippen LogP contribution in [0.1, 0.15) is 0 Å². The highest BCUT2D eigenvalue weighted by molar-refractivity contribution is 7.89. The van der Waals surface area contributed by atoms with Gasteiger partial charge in [-0.15, -0.1) is 0 Å². The van der Waals surface area contributed by atoms with Crippen LogP contribution in [0.25, 0.3) is 0 Å². The first kappa shape index (κ1) is 68.4. The normalized spacial score (nSPS) is 11.7. The van der Waals surface area contributed by atoms with Crippen LogP contribution in [0.4, 0.5) is 0 Å². The van der Waals surface area contributed by atoms with Crippen LogP contribution in [0, 0.1) is 0 Å².